The number of benzene rings is 1. The zero-order valence-electron chi connectivity index (χ0n) is 15.8. The highest BCUT2D eigenvalue weighted by atomic mass is 16.2. The number of rotatable bonds is 6. The molecule has 26 heavy (non-hydrogen) atoms. The first-order chi connectivity index (χ1) is 12.5. The fourth-order valence-electron chi connectivity index (χ4n) is 3.77. The first-order valence-corrected chi connectivity index (χ1v) is 9.52. The van der Waals surface area contributed by atoms with Gasteiger partial charge in [0.1, 0.15) is 6.04 Å². The number of anilines is 2. The van der Waals surface area contributed by atoms with Crippen molar-refractivity contribution in [2.24, 2.45) is 0 Å². The Morgan fingerprint density at radius 2 is 1.96 bits per heavy atom. The summed E-state index contributed by atoms with van der Waals surface area (Å²) in [4.78, 5) is 43.0. The molecule has 0 aliphatic carbocycles. The maximum absolute atomic E-state index is 12.9. The molecular weight excluding hydrogens is 330 g/mol. The van der Waals surface area contributed by atoms with Crippen LogP contribution in [0.4, 0.5) is 11.4 Å². The Balaban J connectivity index is 1.98. The largest absolute Gasteiger partial charge is 0.342 e. The Morgan fingerprint density at radius 1 is 1.19 bits per heavy atom. The van der Waals surface area contributed by atoms with E-state index in [0.717, 1.165) is 24.9 Å². The Kier molecular flexibility index (Phi) is 5.30. The fraction of sp³-hybridized carbons (Fsp3) is 0.550. The van der Waals surface area contributed by atoms with E-state index in [2.05, 4.69) is 6.92 Å². The molecule has 3 rings (SSSR count). The molecule has 0 N–H and O–H groups in total. The van der Waals surface area contributed by atoms with Gasteiger partial charge in [0.25, 0.3) is 5.91 Å². The minimum Gasteiger partial charge on any atom is -0.342 e. The van der Waals surface area contributed by atoms with E-state index < -0.39 is 6.04 Å². The minimum atomic E-state index is -0.393. The summed E-state index contributed by atoms with van der Waals surface area (Å²) >= 11 is 0. The Labute approximate surface area is 154 Å². The van der Waals surface area contributed by atoms with Crippen LogP contribution in [0, 0.1) is 0 Å². The summed E-state index contributed by atoms with van der Waals surface area (Å²) in [6, 6.07) is 4.97. The zero-order valence-corrected chi connectivity index (χ0v) is 15.8. The van der Waals surface area contributed by atoms with Crippen LogP contribution in [-0.4, -0.2) is 48.8 Å². The lowest BCUT2D eigenvalue weighted by Gasteiger charge is -2.38. The van der Waals surface area contributed by atoms with Gasteiger partial charge in [0.2, 0.25) is 11.8 Å². The first-order valence-electron chi connectivity index (χ1n) is 9.52. The summed E-state index contributed by atoms with van der Waals surface area (Å²) < 4.78 is 0. The van der Waals surface area contributed by atoms with E-state index in [4.69, 9.17) is 0 Å². The summed E-state index contributed by atoms with van der Waals surface area (Å²) in [6.07, 6.45) is 3.77. The van der Waals surface area contributed by atoms with Gasteiger partial charge in [-0.1, -0.05) is 20.3 Å². The number of amides is 3. The van der Waals surface area contributed by atoms with Gasteiger partial charge in [-0.3, -0.25) is 19.3 Å². The number of unbranched alkanes of at least 4 members (excludes halogenated alkanes) is 1. The number of hydrogen-bond acceptors (Lipinski definition) is 3. The average molecular weight is 357 g/mol. The lowest BCUT2D eigenvalue weighted by molar-refractivity contribution is -0.122. The van der Waals surface area contributed by atoms with E-state index in [9.17, 15) is 14.4 Å². The van der Waals surface area contributed by atoms with Crippen LogP contribution >= 0.6 is 0 Å². The molecule has 2 aliphatic rings. The summed E-state index contributed by atoms with van der Waals surface area (Å²) in [5.41, 5.74) is 1.98. The third kappa shape index (κ3) is 3.08. The Morgan fingerprint density at radius 3 is 2.65 bits per heavy atom. The molecule has 0 spiro atoms. The van der Waals surface area contributed by atoms with E-state index in [1.807, 2.05) is 13.0 Å². The Bertz CT molecular complexity index is 731. The minimum absolute atomic E-state index is 0.0140. The second-order valence-corrected chi connectivity index (χ2v) is 7.09. The SMILES string of the molecule is CCCCN(C)C(=O)c1ccc2c(c1)N(CCC)C(=O)C1CCC(=O)N21. The van der Waals surface area contributed by atoms with Crippen LogP contribution in [0.1, 0.15) is 56.3 Å². The van der Waals surface area contributed by atoms with Gasteiger partial charge in [-0.15, -0.1) is 0 Å². The van der Waals surface area contributed by atoms with Gasteiger partial charge in [-0.05, 0) is 37.5 Å². The molecule has 1 atom stereocenters. The number of carbonyl (C=O) groups excluding carboxylic acids is 3. The van der Waals surface area contributed by atoms with Crippen molar-refractivity contribution in [1.82, 2.24) is 4.90 Å². The molecule has 2 heterocycles. The van der Waals surface area contributed by atoms with Crippen LogP contribution in [0.25, 0.3) is 0 Å². The number of hydrogen-bond donors (Lipinski definition) is 0. The van der Waals surface area contributed by atoms with Crippen LogP contribution < -0.4 is 9.80 Å². The second-order valence-electron chi connectivity index (χ2n) is 7.09. The van der Waals surface area contributed by atoms with Crippen LogP contribution in [0.2, 0.25) is 0 Å². The molecule has 1 aromatic rings. The predicted octanol–water partition coefficient (Wildman–Crippen LogP) is 2.81. The topological polar surface area (TPSA) is 60.9 Å². The highest BCUT2D eigenvalue weighted by molar-refractivity contribution is 6.15. The van der Waals surface area contributed by atoms with E-state index in [-0.39, 0.29) is 17.7 Å². The van der Waals surface area contributed by atoms with Crippen molar-refractivity contribution in [3.63, 3.8) is 0 Å². The van der Waals surface area contributed by atoms with Crippen LogP contribution in [-0.2, 0) is 9.59 Å². The molecule has 3 amide bonds. The highest BCUT2D eigenvalue weighted by Gasteiger charge is 2.44. The zero-order chi connectivity index (χ0) is 18.8. The quantitative estimate of drug-likeness (QED) is 0.786. The smallest absolute Gasteiger partial charge is 0.253 e. The maximum Gasteiger partial charge on any atom is 0.253 e. The van der Waals surface area contributed by atoms with Crippen molar-refractivity contribution in [2.45, 2.75) is 52.0 Å². The lowest BCUT2D eigenvalue weighted by Crippen LogP contribution is -2.52. The molecular formula is C20H27N3O3. The monoisotopic (exact) mass is 357 g/mol. The summed E-state index contributed by atoms with van der Waals surface area (Å²) in [5.74, 6) is -0.103. The van der Waals surface area contributed by atoms with Gasteiger partial charge in [0.15, 0.2) is 0 Å². The van der Waals surface area contributed by atoms with Crippen molar-refractivity contribution < 1.29 is 14.4 Å². The van der Waals surface area contributed by atoms with Crippen molar-refractivity contribution in [3.8, 4) is 0 Å². The van der Waals surface area contributed by atoms with Gasteiger partial charge in [-0.2, -0.15) is 0 Å². The molecule has 0 saturated carbocycles. The lowest BCUT2D eigenvalue weighted by atomic mass is 10.0. The number of fused-ring (bicyclic) bond motifs is 3. The van der Waals surface area contributed by atoms with Gasteiger partial charge < -0.3 is 9.80 Å². The molecule has 6 nitrogen and oxygen atoms in total. The van der Waals surface area contributed by atoms with Gasteiger partial charge in [0.05, 0.1) is 11.4 Å². The van der Waals surface area contributed by atoms with Crippen LogP contribution in [0.3, 0.4) is 0 Å². The molecule has 2 aliphatic heterocycles. The number of carbonyl (C=O) groups is 3. The molecule has 6 heteroatoms. The average Bonchev–Trinajstić information content (AvgIpc) is 3.04. The maximum atomic E-state index is 12.9. The van der Waals surface area contributed by atoms with E-state index >= 15 is 0 Å². The second kappa shape index (κ2) is 7.48. The van der Waals surface area contributed by atoms with Gasteiger partial charge in [-0.25, -0.2) is 0 Å². The van der Waals surface area contributed by atoms with Crippen molar-refractivity contribution >= 4 is 29.1 Å². The van der Waals surface area contributed by atoms with Gasteiger partial charge >= 0.3 is 0 Å². The molecule has 0 aromatic heterocycles. The molecule has 1 saturated heterocycles. The van der Waals surface area contributed by atoms with Crippen molar-refractivity contribution in [3.05, 3.63) is 23.8 Å². The standard InChI is InChI=1S/C20H27N3O3/c1-4-6-12-21(3)19(25)14-7-8-15-17(13-14)22(11-5-2)20(26)16-9-10-18(24)23(15)16/h7-8,13,16H,4-6,9-12H2,1-3H3. The molecule has 140 valence electrons. The van der Waals surface area contributed by atoms with Crippen molar-refractivity contribution in [1.29, 1.82) is 0 Å². The Hall–Kier alpha value is -2.37. The summed E-state index contributed by atoms with van der Waals surface area (Å²) in [7, 11) is 1.80. The molecule has 1 aromatic carbocycles. The third-order valence-electron chi connectivity index (χ3n) is 5.18. The summed E-state index contributed by atoms with van der Waals surface area (Å²) in [5, 5.41) is 0. The third-order valence-corrected chi connectivity index (χ3v) is 5.18. The molecule has 0 bridgehead atoms. The number of nitrogens with zero attached hydrogens (tertiary/aromatic N) is 3. The molecule has 1 fully saturated rings. The van der Waals surface area contributed by atoms with Crippen LogP contribution in [0.15, 0.2) is 18.2 Å². The summed E-state index contributed by atoms with van der Waals surface area (Å²) in [6.45, 7) is 5.41. The van der Waals surface area contributed by atoms with E-state index in [0.29, 0.717) is 37.2 Å². The van der Waals surface area contributed by atoms with Crippen LogP contribution in [0.5, 0.6) is 0 Å². The van der Waals surface area contributed by atoms with Gasteiger partial charge in [0, 0.05) is 32.1 Å². The highest BCUT2D eigenvalue weighted by Crippen LogP contribution is 2.41. The normalized spacial score (nSPS) is 18.8. The predicted molar refractivity (Wildman–Crippen MR) is 101 cm³/mol. The van der Waals surface area contributed by atoms with Crippen molar-refractivity contribution in [2.75, 3.05) is 29.9 Å². The molecule has 1 unspecified atom stereocenters. The van der Waals surface area contributed by atoms with E-state index in [1.165, 1.54) is 0 Å². The van der Waals surface area contributed by atoms with E-state index in [1.54, 1.807) is 33.9 Å². The molecule has 0 radical (unpaired) electrons. The first kappa shape index (κ1) is 18.4. The fourth-order valence-corrected chi connectivity index (χ4v) is 3.77.